The number of nitrogens with one attached hydrogen (secondary N) is 1. The molecule has 1 saturated heterocycles. The van der Waals surface area contributed by atoms with Crippen molar-refractivity contribution in [2.45, 2.75) is 44.0 Å². The van der Waals surface area contributed by atoms with Crippen molar-refractivity contribution in [3.05, 3.63) is 24.0 Å². The summed E-state index contributed by atoms with van der Waals surface area (Å²) in [6, 6.07) is 1.77. The lowest BCUT2D eigenvalue weighted by atomic mass is 10.1. The minimum Gasteiger partial charge on any atom is -0.350 e. The van der Waals surface area contributed by atoms with Gasteiger partial charge in [-0.15, -0.1) is 11.8 Å². The van der Waals surface area contributed by atoms with Crippen LogP contribution in [-0.4, -0.2) is 46.6 Å². The Hall–Kier alpha value is -1.56. The fourth-order valence-corrected chi connectivity index (χ4v) is 3.34. The zero-order valence-corrected chi connectivity index (χ0v) is 14.0. The number of thioether (sulfide) groups is 1. The van der Waals surface area contributed by atoms with Crippen LogP contribution in [-0.2, 0) is 4.79 Å². The molecule has 0 aromatic carbocycles. The number of nitrogens with zero attached hydrogens (tertiary/aromatic N) is 2. The molecule has 22 heavy (non-hydrogen) atoms. The van der Waals surface area contributed by atoms with E-state index in [0.717, 1.165) is 30.0 Å². The van der Waals surface area contributed by atoms with Gasteiger partial charge in [-0.2, -0.15) is 0 Å². The Balaban J connectivity index is 1.93. The number of rotatable bonds is 6. The molecule has 1 fully saturated rings. The summed E-state index contributed by atoms with van der Waals surface area (Å²) in [6.45, 7) is 5.30. The van der Waals surface area contributed by atoms with Gasteiger partial charge in [0.25, 0.3) is 5.91 Å². The third-order valence-electron chi connectivity index (χ3n) is 3.78. The molecule has 1 aromatic heterocycles. The summed E-state index contributed by atoms with van der Waals surface area (Å²) in [5, 5.41) is 2.94. The topological polar surface area (TPSA) is 62.3 Å². The first kappa shape index (κ1) is 16.8. The molecule has 120 valence electrons. The van der Waals surface area contributed by atoms with E-state index in [1.807, 2.05) is 18.7 Å². The summed E-state index contributed by atoms with van der Waals surface area (Å²) >= 11 is 1.61. The number of hydrogen-bond acceptors (Lipinski definition) is 4. The summed E-state index contributed by atoms with van der Waals surface area (Å²) in [5.41, 5.74) is 0.652. The molecule has 0 aliphatic carbocycles. The maximum Gasteiger partial charge on any atom is 0.252 e. The lowest BCUT2D eigenvalue weighted by molar-refractivity contribution is -0.135. The summed E-state index contributed by atoms with van der Waals surface area (Å²) in [5.74, 6) is 0.985. The molecule has 1 unspecified atom stereocenters. The van der Waals surface area contributed by atoms with Crippen LogP contribution in [0.3, 0.4) is 0 Å². The van der Waals surface area contributed by atoms with Crippen molar-refractivity contribution in [2.24, 2.45) is 0 Å². The van der Waals surface area contributed by atoms with Crippen LogP contribution in [0.25, 0.3) is 0 Å². The average molecular weight is 321 g/mol. The number of aromatic nitrogens is 1. The average Bonchev–Trinajstić information content (AvgIpc) is 2.53. The van der Waals surface area contributed by atoms with Crippen LogP contribution in [0.5, 0.6) is 0 Å². The van der Waals surface area contributed by atoms with Crippen molar-refractivity contribution in [1.82, 2.24) is 15.2 Å². The Labute approximate surface area is 135 Å². The van der Waals surface area contributed by atoms with Crippen LogP contribution < -0.4 is 5.32 Å². The van der Waals surface area contributed by atoms with E-state index in [2.05, 4.69) is 10.3 Å². The second-order valence-electron chi connectivity index (χ2n) is 5.41. The largest absolute Gasteiger partial charge is 0.350 e. The number of amides is 2. The lowest BCUT2D eigenvalue weighted by Crippen LogP contribution is -2.47. The first-order valence-electron chi connectivity index (χ1n) is 7.78. The minimum atomic E-state index is -0.102. The van der Waals surface area contributed by atoms with E-state index in [1.54, 1.807) is 30.2 Å². The molecule has 6 heteroatoms. The Morgan fingerprint density at radius 2 is 2.32 bits per heavy atom. The summed E-state index contributed by atoms with van der Waals surface area (Å²) < 4.78 is 0. The van der Waals surface area contributed by atoms with Crippen LogP contribution in [0, 0.1) is 0 Å². The SMILES string of the molecule is CCSc1cnccc1C(=O)NCC(C)N1CCCCC1=O. The number of pyridine rings is 1. The molecule has 1 N–H and O–H groups in total. The Morgan fingerprint density at radius 1 is 1.50 bits per heavy atom. The molecule has 1 aliphatic rings. The van der Waals surface area contributed by atoms with E-state index in [4.69, 9.17) is 0 Å². The number of piperidine rings is 1. The lowest BCUT2D eigenvalue weighted by Gasteiger charge is -2.32. The van der Waals surface area contributed by atoms with Gasteiger partial charge in [0, 0.05) is 42.8 Å². The molecule has 1 atom stereocenters. The predicted molar refractivity (Wildman–Crippen MR) is 88.0 cm³/mol. The van der Waals surface area contributed by atoms with E-state index >= 15 is 0 Å². The van der Waals surface area contributed by atoms with Gasteiger partial charge in [-0.3, -0.25) is 14.6 Å². The maximum atomic E-state index is 12.4. The number of hydrogen-bond donors (Lipinski definition) is 1. The smallest absolute Gasteiger partial charge is 0.252 e. The molecule has 0 bridgehead atoms. The third-order valence-corrected chi connectivity index (χ3v) is 4.70. The molecule has 5 nitrogen and oxygen atoms in total. The van der Waals surface area contributed by atoms with E-state index in [0.29, 0.717) is 18.5 Å². The summed E-state index contributed by atoms with van der Waals surface area (Å²) in [6.07, 6.45) is 6.00. The second-order valence-corrected chi connectivity index (χ2v) is 6.71. The molecule has 2 heterocycles. The van der Waals surface area contributed by atoms with E-state index in [1.165, 1.54) is 0 Å². The number of likely N-dealkylation sites (tertiary alicyclic amines) is 1. The minimum absolute atomic E-state index is 0.0286. The highest BCUT2D eigenvalue weighted by Gasteiger charge is 2.23. The normalized spacial score (nSPS) is 16.5. The zero-order chi connectivity index (χ0) is 15.9. The van der Waals surface area contributed by atoms with E-state index in [9.17, 15) is 9.59 Å². The van der Waals surface area contributed by atoms with Crippen molar-refractivity contribution in [3.8, 4) is 0 Å². The molecule has 0 radical (unpaired) electrons. The van der Waals surface area contributed by atoms with Crippen LogP contribution >= 0.6 is 11.8 Å². The van der Waals surface area contributed by atoms with Crippen LogP contribution in [0.2, 0.25) is 0 Å². The Kier molecular flexibility index (Phi) is 6.24. The first-order valence-corrected chi connectivity index (χ1v) is 8.76. The van der Waals surface area contributed by atoms with Crippen molar-refractivity contribution in [2.75, 3.05) is 18.8 Å². The van der Waals surface area contributed by atoms with Gasteiger partial charge in [0.1, 0.15) is 0 Å². The molecule has 0 saturated carbocycles. The molecule has 0 spiro atoms. The second kappa shape index (κ2) is 8.17. The highest BCUT2D eigenvalue weighted by atomic mass is 32.2. The molecule has 1 aliphatic heterocycles. The van der Waals surface area contributed by atoms with Crippen LogP contribution in [0.1, 0.15) is 43.5 Å². The molecule has 1 aromatic rings. The highest BCUT2D eigenvalue weighted by molar-refractivity contribution is 7.99. The van der Waals surface area contributed by atoms with Gasteiger partial charge < -0.3 is 10.2 Å². The van der Waals surface area contributed by atoms with E-state index < -0.39 is 0 Å². The zero-order valence-electron chi connectivity index (χ0n) is 13.2. The van der Waals surface area contributed by atoms with Gasteiger partial charge in [-0.1, -0.05) is 6.92 Å². The summed E-state index contributed by atoms with van der Waals surface area (Å²) in [7, 11) is 0. The maximum absolute atomic E-state index is 12.4. The Bertz CT molecular complexity index is 536. The van der Waals surface area contributed by atoms with Crippen molar-refractivity contribution >= 4 is 23.6 Å². The van der Waals surface area contributed by atoms with Crippen LogP contribution in [0.15, 0.2) is 23.4 Å². The molecule has 2 amide bonds. The fraction of sp³-hybridized carbons (Fsp3) is 0.562. The third kappa shape index (κ3) is 4.22. The predicted octanol–water partition coefficient (Wildman–Crippen LogP) is 2.32. The quantitative estimate of drug-likeness (QED) is 0.817. The van der Waals surface area contributed by atoms with Gasteiger partial charge in [-0.25, -0.2) is 0 Å². The van der Waals surface area contributed by atoms with Crippen molar-refractivity contribution < 1.29 is 9.59 Å². The first-order chi connectivity index (χ1) is 10.6. The monoisotopic (exact) mass is 321 g/mol. The standard InChI is InChI=1S/C16H23N3O2S/c1-3-22-14-11-17-8-7-13(14)16(21)18-10-12(2)19-9-5-4-6-15(19)20/h7-8,11-12H,3-6,9-10H2,1-2H3,(H,18,21). The molecule has 2 rings (SSSR count). The number of carbonyl (C=O) groups excluding carboxylic acids is 2. The van der Waals surface area contributed by atoms with E-state index in [-0.39, 0.29) is 17.9 Å². The number of carbonyl (C=O) groups is 2. The van der Waals surface area contributed by atoms with Gasteiger partial charge in [0.15, 0.2) is 0 Å². The fourth-order valence-electron chi connectivity index (χ4n) is 2.58. The van der Waals surface area contributed by atoms with Gasteiger partial charge in [0.2, 0.25) is 5.91 Å². The van der Waals surface area contributed by atoms with Crippen molar-refractivity contribution in [1.29, 1.82) is 0 Å². The summed E-state index contributed by atoms with van der Waals surface area (Å²) in [4.78, 5) is 31.1. The van der Waals surface area contributed by atoms with Crippen molar-refractivity contribution in [3.63, 3.8) is 0 Å². The van der Waals surface area contributed by atoms with Gasteiger partial charge in [-0.05, 0) is 31.6 Å². The Morgan fingerprint density at radius 3 is 3.05 bits per heavy atom. The molecular formula is C16H23N3O2S. The van der Waals surface area contributed by atoms with Gasteiger partial charge >= 0.3 is 0 Å². The highest BCUT2D eigenvalue weighted by Crippen LogP contribution is 2.21. The van der Waals surface area contributed by atoms with Crippen LogP contribution in [0.4, 0.5) is 0 Å². The van der Waals surface area contributed by atoms with Gasteiger partial charge in [0.05, 0.1) is 5.56 Å². The molecular weight excluding hydrogens is 298 g/mol.